The number of hydrogen-bond acceptors (Lipinski definition) is 10. The van der Waals surface area contributed by atoms with Crippen LogP contribution in [0.1, 0.15) is 26.3 Å². The van der Waals surface area contributed by atoms with Crippen LogP contribution < -0.4 is 10.1 Å². The summed E-state index contributed by atoms with van der Waals surface area (Å²) in [6, 6.07) is 5.96. The minimum Gasteiger partial charge on any atom is -0.497 e. The number of nitrogens with zero attached hydrogens (tertiary/aromatic N) is 1. The van der Waals surface area contributed by atoms with Gasteiger partial charge in [0.25, 0.3) is 5.91 Å². The number of β-lactam (4-membered cyclic amide) rings is 1. The van der Waals surface area contributed by atoms with E-state index in [1.165, 1.54) is 23.8 Å². The number of fused-ring (bicyclic) bond motifs is 1. The maximum absolute atomic E-state index is 12.9. The Balaban J connectivity index is 1.51. The number of hydrogen-bond donors (Lipinski definition) is 1. The number of methoxy groups -OCH3 is 2. The molecule has 36 heavy (non-hydrogen) atoms. The lowest BCUT2D eigenvalue weighted by Gasteiger charge is -2.51. The Kier molecular flexibility index (Phi) is 8.85. The van der Waals surface area contributed by atoms with Crippen LogP contribution in [0, 0.1) is 0 Å². The van der Waals surface area contributed by atoms with Crippen molar-refractivity contribution in [2.75, 3.05) is 27.4 Å². The third-order valence-corrected chi connectivity index (χ3v) is 6.40. The van der Waals surface area contributed by atoms with Gasteiger partial charge in [0.2, 0.25) is 0 Å². The molecule has 1 saturated heterocycles. The average Bonchev–Trinajstić information content (AvgIpc) is 2.83. The molecule has 1 aromatic rings. The van der Waals surface area contributed by atoms with E-state index in [-0.39, 0.29) is 24.5 Å². The van der Waals surface area contributed by atoms with Crippen molar-refractivity contribution in [1.82, 2.24) is 10.2 Å². The van der Waals surface area contributed by atoms with E-state index in [0.29, 0.717) is 11.3 Å². The number of alkyl carbamates (subject to hydrolysis) is 1. The highest BCUT2D eigenvalue weighted by atomic mass is 32.2. The number of carbonyl (C=O) groups is 4. The predicted molar refractivity (Wildman–Crippen MR) is 129 cm³/mol. The van der Waals surface area contributed by atoms with Gasteiger partial charge in [-0.1, -0.05) is 12.1 Å². The summed E-state index contributed by atoms with van der Waals surface area (Å²) in [5.74, 6) is -0.947. The summed E-state index contributed by atoms with van der Waals surface area (Å²) >= 11 is 1.29. The van der Waals surface area contributed by atoms with Crippen molar-refractivity contribution < 1.29 is 42.9 Å². The van der Waals surface area contributed by atoms with Gasteiger partial charge in [0.15, 0.2) is 12.1 Å². The maximum Gasteiger partial charge on any atom is 0.407 e. The number of carbonyl (C=O) groups excluding carboxylic acids is 4. The largest absolute Gasteiger partial charge is 0.497 e. The highest BCUT2D eigenvalue weighted by molar-refractivity contribution is 8.02. The SMILES string of the molecule is COc1ccc(COC(=O)CNC(=O)OCC2=CSC3[C@H](OC)C(=O)N3C2C(=O)OC(C)(C)C)cc1. The molecule has 2 aliphatic heterocycles. The van der Waals surface area contributed by atoms with Crippen molar-refractivity contribution in [2.45, 2.75) is 50.5 Å². The van der Waals surface area contributed by atoms with Crippen LogP contribution in [0.5, 0.6) is 5.75 Å². The zero-order valence-corrected chi connectivity index (χ0v) is 21.6. The van der Waals surface area contributed by atoms with Crippen LogP contribution in [0.2, 0.25) is 0 Å². The smallest absolute Gasteiger partial charge is 0.407 e. The third kappa shape index (κ3) is 6.70. The molecule has 1 aromatic carbocycles. The lowest BCUT2D eigenvalue weighted by Crippen LogP contribution is -2.70. The van der Waals surface area contributed by atoms with Crippen molar-refractivity contribution in [2.24, 2.45) is 0 Å². The zero-order valence-electron chi connectivity index (χ0n) is 20.8. The normalized spacial score (nSPS) is 20.9. The number of benzene rings is 1. The topological polar surface area (TPSA) is 130 Å². The predicted octanol–water partition coefficient (Wildman–Crippen LogP) is 1.99. The first-order valence-electron chi connectivity index (χ1n) is 11.2. The summed E-state index contributed by atoms with van der Waals surface area (Å²) in [4.78, 5) is 50.9. The molecule has 0 bridgehead atoms. The van der Waals surface area contributed by atoms with Gasteiger partial charge >= 0.3 is 18.0 Å². The van der Waals surface area contributed by atoms with Crippen molar-refractivity contribution in [1.29, 1.82) is 0 Å². The first-order chi connectivity index (χ1) is 17.0. The average molecular weight is 523 g/mol. The molecule has 0 spiro atoms. The Hall–Kier alpha value is -3.25. The van der Waals surface area contributed by atoms with Crippen LogP contribution in [0.3, 0.4) is 0 Å². The van der Waals surface area contributed by atoms with Crippen molar-refractivity contribution in [3.63, 3.8) is 0 Å². The molecular formula is C24H30N2O9S. The lowest BCUT2D eigenvalue weighted by atomic mass is 9.99. The number of nitrogens with one attached hydrogen (secondary N) is 1. The summed E-state index contributed by atoms with van der Waals surface area (Å²) in [5.41, 5.74) is 0.364. The highest BCUT2D eigenvalue weighted by Gasteiger charge is 2.56. The van der Waals surface area contributed by atoms with Crippen LogP contribution in [0.25, 0.3) is 0 Å². The van der Waals surface area contributed by atoms with Crippen LogP contribution in [0.15, 0.2) is 35.2 Å². The van der Waals surface area contributed by atoms with Gasteiger partial charge in [0, 0.05) is 12.7 Å². The summed E-state index contributed by atoms with van der Waals surface area (Å²) in [6.45, 7) is 4.51. The van der Waals surface area contributed by atoms with E-state index >= 15 is 0 Å². The summed E-state index contributed by atoms with van der Waals surface area (Å²) < 4.78 is 26.1. The van der Waals surface area contributed by atoms with E-state index in [1.54, 1.807) is 57.6 Å². The number of esters is 2. The highest BCUT2D eigenvalue weighted by Crippen LogP contribution is 2.41. The molecule has 2 aliphatic rings. The molecule has 3 rings (SSSR count). The van der Waals surface area contributed by atoms with Gasteiger partial charge < -0.3 is 33.9 Å². The number of thioether (sulfide) groups is 1. The lowest BCUT2D eigenvalue weighted by molar-refractivity contribution is -0.178. The number of amides is 2. The van der Waals surface area contributed by atoms with Crippen molar-refractivity contribution in [3.8, 4) is 5.75 Å². The third-order valence-electron chi connectivity index (χ3n) is 5.21. The van der Waals surface area contributed by atoms with E-state index in [2.05, 4.69) is 5.32 Å². The molecule has 1 N–H and O–H groups in total. The van der Waals surface area contributed by atoms with Crippen LogP contribution in [0.4, 0.5) is 4.79 Å². The Morgan fingerprint density at radius 2 is 1.75 bits per heavy atom. The number of ether oxygens (including phenoxy) is 5. The first kappa shape index (κ1) is 27.3. The van der Waals surface area contributed by atoms with Gasteiger partial charge in [-0.3, -0.25) is 9.59 Å². The van der Waals surface area contributed by atoms with E-state index in [1.807, 2.05) is 0 Å². The zero-order chi connectivity index (χ0) is 26.5. The molecule has 2 unspecified atom stereocenters. The molecule has 0 aliphatic carbocycles. The molecule has 1 fully saturated rings. The molecule has 2 amide bonds. The molecule has 0 saturated carbocycles. The Labute approximate surface area is 213 Å². The molecule has 0 aromatic heterocycles. The number of rotatable bonds is 9. The molecule has 2 heterocycles. The van der Waals surface area contributed by atoms with Gasteiger partial charge in [0.05, 0.1) is 7.11 Å². The van der Waals surface area contributed by atoms with Gasteiger partial charge in [0.1, 0.15) is 36.5 Å². The standard InChI is InChI=1S/C24H30N2O9S/c1-24(2,3)35-22(29)18-15(13-36-21-19(32-5)20(28)26(18)21)12-34-23(30)25-10-17(27)33-11-14-6-8-16(31-4)9-7-14/h6-9,13,18-19,21H,10-12H2,1-5H3,(H,25,30)/t18?,19-,21?/m1/s1. The quantitative estimate of drug-likeness (QED) is 0.292. The Morgan fingerprint density at radius 1 is 1.06 bits per heavy atom. The molecule has 3 atom stereocenters. The monoisotopic (exact) mass is 522 g/mol. The Bertz CT molecular complexity index is 1020. The molecule has 196 valence electrons. The fourth-order valence-corrected chi connectivity index (χ4v) is 4.74. The van der Waals surface area contributed by atoms with Crippen molar-refractivity contribution in [3.05, 3.63) is 40.8 Å². The van der Waals surface area contributed by atoms with Gasteiger partial charge in [-0.05, 0) is 43.9 Å². The van der Waals surface area contributed by atoms with Crippen molar-refractivity contribution >= 4 is 35.7 Å². The minimum atomic E-state index is -1.04. The van der Waals surface area contributed by atoms with E-state index in [0.717, 1.165) is 5.56 Å². The Morgan fingerprint density at radius 3 is 2.36 bits per heavy atom. The van der Waals surface area contributed by atoms with Crippen LogP contribution >= 0.6 is 11.8 Å². The summed E-state index contributed by atoms with van der Waals surface area (Å²) in [6.07, 6.45) is -1.54. The minimum absolute atomic E-state index is 0.0364. The van der Waals surface area contributed by atoms with Gasteiger partial charge in [-0.2, -0.15) is 0 Å². The first-order valence-corrected chi connectivity index (χ1v) is 12.1. The summed E-state index contributed by atoms with van der Waals surface area (Å²) in [5, 5.41) is 3.61. The summed E-state index contributed by atoms with van der Waals surface area (Å²) in [7, 11) is 2.98. The van der Waals surface area contributed by atoms with Crippen LogP contribution in [-0.2, 0) is 39.9 Å². The van der Waals surface area contributed by atoms with Gasteiger partial charge in [-0.25, -0.2) is 9.59 Å². The second-order valence-electron chi connectivity index (χ2n) is 9.00. The second-order valence-corrected chi connectivity index (χ2v) is 9.99. The molecule has 11 nitrogen and oxygen atoms in total. The van der Waals surface area contributed by atoms with E-state index in [4.69, 9.17) is 23.7 Å². The second kappa shape index (κ2) is 11.7. The van der Waals surface area contributed by atoms with E-state index in [9.17, 15) is 19.2 Å². The fourth-order valence-electron chi connectivity index (χ4n) is 3.50. The fraction of sp³-hybridized carbons (Fsp3) is 0.500. The van der Waals surface area contributed by atoms with E-state index < -0.39 is 42.3 Å². The molecular weight excluding hydrogens is 492 g/mol. The molecule has 12 heteroatoms. The van der Waals surface area contributed by atoms with Gasteiger partial charge in [-0.15, -0.1) is 11.8 Å². The molecule has 0 radical (unpaired) electrons. The maximum atomic E-state index is 12.9. The van der Waals surface area contributed by atoms with Crippen LogP contribution in [-0.4, -0.2) is 79.3 Å².